The van der Waals surface area contributed by atoms with Crippen molar-refractivity contribution in [3.63, 3.8) is 0 Å². The van der Waals surface area contributed by atoms with E-state index in [2.05, 4.69) is 9.97 Å². The zero-order chi connectivity index (χ0) is 16.9. The minimum Gasteiger partial charge on any atom is -0.465 e. The molecule has 24 heavy (non-hydrogen) atoms. The summed E-state index contributed by atoms with van der Waals surface area (Å²) < 4.78 is 11.0. The number of ether oxygens (including phenoxy) is 1. The molecule has 3 rings (SSSR count). The van der Waals surface area contributed by atoms with Crippen molar-refractivity contribution in [2.45, 2.75) is 19.8 Å². The van der Waals surface area contributed by atoms with E-state index < -0.39 is 5.92 Å². The number of pyridine rings is 1. The Kier molecular flexibility index (Phi) is 4.70. The third-order valence-corrected chi connectivity index (χ3v) is 3.63. The van der Waals surface area contributed by atoms with Gasteiger partial charge in [0, 0.05) is 23.5 Å². The number of oxazole rings is 1. The summed E-state index contributed by atoms with van der Waals surface area (Å²) in [5, 5.41) is 0. The molecule has 1 aromatic carbocycles. The quantitative estimate of drug-likeness (QED) is 0.662. The lowest BCUT2D eigenvalue weighted by atomic mass is 10.1. The highest BCUT2D eigenvalue weighted by Gasteiger charge is 2.25. The monoisotopic (exact) mass is 322 g/mol. The molecule has 0 spiro atoms. The molecule has 0 N–H and O–H groups in total. The maximum absolute atomic E-state index is 12.0. The summed E-state index contributed by atoms with van der Waals surface area (Å²) in [5.74, 6) is 0.0369. The maximum Gasteiger partial charge on any atom is 0.318 e. The number of esters is 1. The topological polar surface area (TPSA) is 65.2 Å². The molecule has 3 aromatic rings. The number of carbonyl (C=O) groups excluding carboxylic acids is 1. The zero-order valence-corrected chi connectivity index (χ0v) is 13.6. The molecule has 122 valence electrons. The highest BCUT2D eigenvalue weighted by atomic mass is 16.5. The molecule has 0 fully saturated rings. The van der Waals surface area contributed by atoms with E-state index in [4.69, 9.17) is 9.15 Å². The molecule has 2 aromatic heterocycles. The number of rotatable bonds is 5. The Labute approximate surface area is 140 Å². The number of nitrogens with zero attached hydrogens (tertiary/aromatic N) is 2. The van der Waals surface area contributed by atoms with E-state index >= 15 is 0 Å². The zero-order valence-electron chi connectivity index (χ0n) is 13.6. The highest BCUT2D eigenvalue weighted by Crippen LogP contribution is 2.34. The fraction of sp³-hybridized carbons (Fsp3) is 0.211. The summed E-state index contributed by atoms with van der Waals surface area (Å²) in [6.45, 7) is 3.83. The van der Waals surface area contributed by atoms with E-state index in [1.54, 1.807) is 26.2 Å². The van der Waals surface area contributed by atoms with Crippen molar-refractivity contribution in [3.8, 4) is 22.6 Å². The molecule has 0 aliphatic heterocycles. The van der Waals surface area contributed by atoms with Gasteiger partial charge < -0.3 is 9.15 Å². The van der Waals surface area contributed by atoms with Crippen LogP contribution in [0.15, 0.2) is 59.3 Å². The standard InChI is InChI=1S/C19H18N2O3/c1-3-23-19(22)13(2)18-21-16(15-10-7-11-20-12-15)17(24-18)14-8-5-4-6-9-14/h4-13H,3H2,1-2H3. The molecule has 0 saturated carbocycles. The van der Waals surface area contributed by atoms with Crippen LogP contribution < -0.4 is 0 Å². The minimum absolute atomic E-state index is 0.324. The molecule has 5 nitrogen and oxygen atoms in total. The third kappa shape index (κ3) is 3.20. The number of aromatic nitrogens is 2. The van der Waals surface area contributed by atoms with Crippen molar-refractivity contribution in [3.05, 3.63) is 60.7 Å². The molecule has 5 heteroatoms. The van der Waals surface area contributed by atoms with Crippen LogP contribution in [0.5, 0.6) is 0 Å². The van der Waals surface area contributed by atoms with Crippen LogP contribution in [0.3, 0.4) is 0 Å². The molecule has 0 bridgehead atoms. The van der Waals surface area contributed by atoms with Gasteiger partial charge in [-0.1, -0.05) is 30.3 Å². The Bertz CT molecular complexity index is 756. The van der Waals surface area contributed by atoms with Crippen molar-refractivity contribution in [2.75, 3.05) is 6.61 Å². The highest BCUT2D eigenvalue weighted by molar-refractivity contribution is 5.79. The van der Waals surface area contributed by atoms with Crippen molar-refractivity contribution in [2.24, 2.45) is 0 Å². The summed E-state index contributed by atoms with van der Waals surface area (Å²) in [6.07, 6.45) is 3.43. The molecule has 0 aliphatic rings. The van der Waals surface area contributed by atoms with Crippen molar-refractivity contribution in [1.82, 2.24) is 9.97 Å². The Hall–Kier alpha value is -2.95. The summed E-state index contributed by atoms with van der Waals surface area (Å²) in [4.78, 5) is 20.7. The van der Waals surface area contributed by atoms with Gasteiger partial charge in [0.2, 0.25) is 5.89 Å². The van der Waals surface area contributed by atoms with Crippen LogP contribution in [0.1, 0.15) is 25.7 Å². The number of hydrogen-bond acceptors (Lipinski definition) is 5. The third-order valence-electron chi connectivity index (χ3n) is 3.63. The Morgan fingerprint density at radius 1 is 1.17 bits per heavy atom. The van der Waals surface area contributed by atoms with Gasteiger partial charge in [0.25, 0.3) is 0 Å². The van der Waals surface area contributed by atoms with Gasteiger partial charge in [-0.05, 0) is 26.0 Å². The van der Waals surface area contributed by atoms with E-state index in [-0.39, 0.29) is 5.97 Å². The van der Waals surface area contributed by atoms with E-state index in [0.717, 1.165) is 11.1 Å². The van der Waals surface area contributed by atoms with Gasteiger partial charge in [-0.2, -0.15) is 0 Å². The average Bonchev–Trinajstić information content (AvgIpc) is 3.08. The van der Waals surface area contributed by atoms with Crippen molar-refractivity contribution in [1.29, 1.82) is 0 Å². The van der Waals surface area contributed by atoms with Crippen LogP contribution in [0, 0.1) is 0 Å². The first kappa shape index (κ1) is 15.9. The molecule has 0 radical (unpaired) electrons. The predicted octanol–water partition coefficient (Wildman–Crippen LogP) is 4.07. The smallest absolute Gasteiger partial charge is 0.318 e. The first-order valence-electron chi connectivity index (χ1n) is 7.84. The van der Waals surface area contributed by atoms with Crippen LogP contribution in [0.2, 0.25) is 0 Å². The SMILES string of the molecule is CCOC(=O)C(C)c1nc(-c2cccnc2)c(-c2ccccc2)o1. The van der Waals surface area contributed by atoms with Gasteiger partial charge >= 0.3 is 5.97 Å². The van der Waals surface area contributed by atoms with Gasteiger partial charge in [-0.15, -0.1) is 0 Å². The lowest BCUT2D eigenvalue weighted by Crippen LogP contribution is -2.13. The van der Waals surface area contributed by atoms with E-state index in [1.807, 2.05) is 42.5 Å². The second-order valence-electron chi connectivity index (χ2n) is 5.31. The minimum atomic E-state index is -0.571. The Morgan fingerprint density at radius 3 is 2.58 bits per heavy atom. The average molecular weight is 322 g/mol. The summed E-state index contributed by atoms with van der Waals surface area (Å²) >= 11 is 0. The van der Waals surface area contributed by atoms with Crippen LogP contribution in [-0.4, -0.2) is 22.5 Å². The largest absolute Gasteiger partial charge is 0.465 e. The van der Waals surface area contributed by atoms with Gasteiger partial charge in [0.1, 0.15) is 11.6 Å². The summed E-state index contributed by atoms with van der Waals surface area (Å²) in [7, 11) is 0. The lowest BCUT2D eigenvalue weighted by molar-refractivity contribution is -0.145. The van der Waals surface area contributed by atoms with Gasteiger partial charge in [0.15, 0.2) is 5.76 Å². The summed E-state index contributed by atoms with van der Waals surface area (Å²) in [6, 6.07) is 13.4. The number of hydrogen-bond donors (Lipinski definition) is 0. The first-order chi connectivity index (χ1) is 11.7. The normalized spacial score (nSPS) is 11.9. The van der Waals surface area contributed by atoms with Gasteiger partial charge in [0.05, 0.1) is 6.61 Å². The van der Waals surface area contributed by atoms with Crippen LogP contribution in [-0.2, 0) is 9.53 Å². The Morgan fingerprint density at radius 2 is 1.92 bits per heavy atom. The van der Waals surface area contributed by atoms with Gasteiger partial charge in [-0.25, -0.2) is 4.98 Å². The summed E-state index contributed by atoms with van der Waals surface area (Å²) in [5.41, 5.74) is 2.40. The van der Waals surface area contributed by atoms with E-state index in [9.17, 15) is 4.79 Å². The molecule has 0 aliphatic carbocycles. The predicted molar refractivity (Wildman–Crippen MR) is 90.2 cm³/mol. The fourth-order valence-electron chi connectivity index (χ4n) is 2.37. The number of carbonyl (C=O) groups is 1. The molecular formula is C19H18N2O3. The van der Waals surface area contributed by atoms with Gasteiger partial charge in [-0.3, -0.25) is 9.78 Å². The Balaban J connectivity index is 2.08. The molecule has 0 saturated heterocycles. The van der Waals surface area contributed by atoms with Crippen LogP contribution in [0.25, 0.3) is 22.6 Å². The van der Waals surface area contributed by atoms with Crippen molar-refractivity contribution < 1.29 is 13.9 Å². The number of benzene rings is 1. The molecular weight excluding hydrogens is 304 g/mol. The molecule has 2 heterocycles. The van der Waals surface area contributed by atoms with Crippen molar-refractivity contribution >= 4 is 5.97 Å². The second kappa shape index (κ2) is 7.08. The molecule has 0 amide bonds. The van der Waals surface area contributed by atoms with Crippen LogP contribution >= 0.6 is 0 Å². The lowest BCUT2D eigenvalue weighted by Gasteiger charge is -2.05. The van der Waals surface area contributed by atoms with E-state index in [1.165, 1.54) is 0 Å². The van der Waals surface area contributed by atoms with Crippen LogP contribution in [0.4, 0.5) is 0 Å². The molecule has 1 unspecified atom stereocenters. The first-order valence-corrected chi connectivity index (χ1v) is 7.84. The maximum atomic E-state index is 12.0. The second-order valence-corrected chi connectivity index (χ2v) is 5.31. The molecule has 1 atom stereocenters. The fourth-order valence-corrected chi connectivity index (χ4v) is 2.37. The van der Waals surface area contributed by atoms with E-state index in [0.29, 0.717) is 24.0 Å².